The van der Waals surface area contributed by atoms with Crippen LogP contribution >= 0.6 is 0 Å². The summed E-state index contributed by atoms with van der Waals surface area (Å²) in [4.78, 5) is 10.2. The third-order valence-corrected chi connectivity index (χ3v) is 2.95. The van der Waals surface area contributed by atoms with Gasteiger partial charge < -0.3 is 0 Å². The number of hydrogen-bond acceptors (Lipinski definition) is 2. The molecular weight excluding hydrogens is 306 g/mol. The third-order valence-electron chi connectivity index (χ3n) is 2.95. The van der Waals surface area contributed by atoms with E-state index in [4.69, 9.17) is 0 Å². The van der Waals surface area contributed by atoms with Crippen LogP contribution in [0.1, 0.15) is 6.92 Å². The van der Waals surface area contributed by atoms with Gasteiger partial charge in [-0.05, 0) is 5.57 Å². The van der Waals surface area contributed by atoms with E-state index in [0.29, 0.717) is 0 Å². The van der Waals surface area contributed by atoms with Gasteiger partial charge in [0.15, 0.2) is 6.04 Å². The molecular formula is C17H15FeNO2. The Morgan fingerprint density at radius 1 is 1.14 bits per heavy atom. The van der Waals surface area contributed by atoms with Crippen LogP contribution in [-0.2, 0) is 17.1 Å². The zero-order valence-corrected chi connectivity index (χ0v) is 12.6. The summed E-state index contributed by atoms with van der Waals surface area (Å²) in [5, 5.41) is 10.6. The molecule has 1 aromatic carbocycles. The molecule has 3 nitrogen and oxygen atoms in total. The molecule has 0 aromatic heterocycles. The quantitative estimate of drug-likeness (QED) is 0.338. The van der Waals surface area contributed by atoms with Gasteiger partial charge in [0, 0.05) is 4.92 Å². The Morgan fingerprint density at radius 2 is 1.76 bits per heavy atom. The van der Waals surface area contributed by atoms with Crippen molar-refractivity contribution >= 4 is 0 Å². The molecule has 0 amide bonds. The fourth-order valence-corrected chi connectivity index (χ4v) is 1.96. The average Bonchev–Trinajstić information content (AvgIpc) is 3.14. The van der Waals surface area contributed by atoms with Gasteiger partial charge in [-0.2, -0.15) is 24.3 Å². The summed E-state index contributed by atoms with van der Waals surface area (Å²) in [5.74, 6) is 0. The molecule has 0 aliphatic heterocycles. The van der Waals surface area contributed by atoms with Crippen molar-refractivity contribution in [3.8, 4) is 0 Å². The summed E-state index contributed by atoms with van der Waals surface area (Å²) in [6.45, 7) is 1.88. The predicted molar refractivity (Wildman–Crippen MR) is 80.5 cm³/mol. The fourth-order valence-electron chi connectivity index (χ4n) is 1.96. The predicted octanol–water partition coefficient (Wildman–Crippen LogP) is 4.14. The molecule has 0 radical (unpaired) electrons. The molecule has 2 aliphatic rings. The van der Waals surface area contributed by atoms with Gasteiger partial charge in [-0.1, -0.05) is 43.4 Å². The number of hydrogen-bond donors (Lipinski definition) is 0. The van der Waals surface area contributed by atoms with E-state index in [0.717, 1.165) is 16.7 Å². The number of nitro groups is 1. The monoisotopic (exact) mass is 321 g/mol. The normalized spacial score (nSPS) is 15.3. The number of allylic oxidation sites excluding steroid dienone is 8. The zero-order chi connectivity index (χ0) is 14.4. The maximum atomic E-state index is 10.6. The van der Waals surface area contributed by atoms with Crippen LogP contribution in [0.25, 0.3) is 0 Å². The second-order valence-corrected chi connectivity index (χ2v) is 4.39. The SMILES string of the molecule is CC1=C[C-]([N+](=O)[O-])C=CC1=C1C=CC=C1.[Fe+2].c1cc[cH-]c1. The molecule has 0 heterocycles. The Morgan fingerprint density at radius 3 is 2.19 bits per heavy atom. The molecule has 0 spiro atoms. The molecule has 0 saturated heterocycles. The van der Waals surface area contributed by atoms with Crippen molar-refractivity contribution in [2.24, 2.45) is 0 Å². The third kappa shape index (κ3) is 4.71. The van der Waals surface area contributed by atoms with Crippen LogP contribution in [0.15, 0.2) is 89.6 Å². The van der Waals surface area contributed by atoms with E-state index in [2.05, 4.69) is 0 Å². The Hall–Kier alpha value is -2.16. The minimum absolute atomic E-state index is 0. The van der Waals surface area contributed by atoms with E-state index in [1.807, 2.05) is 61.6 Å². The largest absolute Gasteiger partial charge is 2.00 e. The van der Waals surface area contributed by atoms with Gasteiger partial charge in [0.1, 0.15) is 0 Å². The van der Waals surface area contributed by atoms with Crippen LogP contribution in [-0.4, -0.2) is 4.92 Å². The van der Waals surface area contributed by atoms with Gasteiger partial charge >= 0.3 is 17.1 Å². The average molecular weight is 321 g/mol. The summed E-state index contributed by atoms with van der Waals surface area (Å²) >= 11 is 0. The summed E-state index contributed by atoms with van der Waals surface area (Å²) < 4.78 is 0. The zero-order valence-electron chi connectivity index (χ0n) is 11.5. The van der Waals surface area contributed by atoms with Crippen molar-refractivity contribution in [3.63, 3.8) is 0 Å². The molecule has 0 atom stereocenters. The number of rotatable bonds is 1. The van der Waals surface area contributed by atoms with Crippen molar-refractivity contribution in [2.45, 2.75) is 6.92 Å². The first-order chi connectivity index (χ1) is 9.68. The van der Waals surface area contributed by atoms with Crippen LogP contribution in [0.2, 0.25) is 0 Å². The molecule has 0 fully saturated rings. The smallest absolute Gasteiger partial charge is 0.270 e. The van der Waals surface area contributed by atoms with Crippen LogP contribution in [0.5, 0.6) is 0 Å². The van der Waals surface area contributed by atoms with E-state index >= 15 is 0 Å². The Balaban J connectivity index is 0.000000313. The van der Waals surface area contributed by atoms with Gasteiger partial charge in [-0.15, -0.1) is 11.1 Å². The Bertz CT molecular complexity index is 588. The van der Waals surface area contributed by atoms with Crippen LogP contribution in [0.4, 0.5) is 0 Å². The molecule has 4 heteroatoms. The second kappa shape index (κ2) is 8.20. The van der Waals surface area contributed by atoms with Crippen LogP contribution in [0, 0.1) is 16.2 Å². The first-order valence-corrected chi connectivity index (χ1v) is 6.32. The standard InChI is InChI=1S/C12H10NO2.C5H5.Fe/c1-9-8-11(13(14)15)6-7-12(9)10-4-2-3-5-10;1-2-4-5-3-1;/h2-8H,1H3;1-5H;/q2*-1;+2. The summed E-state index contributed by atoms with van der Waals surface area (Å²) in [5.41, 5.74) is 3.07. The summed E-state index contributed by atoms with van der Waals surface area (Å²) in [6.07, 6.45) is 12.8. The van der Waals surface area contributed by atoms with Crippen molar-refractivity contribution in [1.29, 1.82) is 0 Å². The van der Waals surface area contributed by atoms with Gasteiger partial charge in [0.2, 0.25) is 0 Å². The van der Waals surface area contributed by atoms with Gasteiger partial charge in [-0.3, -0.25) is 10.1 Å². The van der Waals surface area contributed by atoms with E-state index < -0.39 is 0 Å². The molecule has 0 N–H and O–H groups in total. The first kappa shape index (κ1) is 16.9. The summed E-state index contributed by atoms with van der Waals surface area (Å²) in [6, 6.07) is 10.1. The molecule has 3 rings (SSSR count). The van der Waals surface area contributed by atoms with E-state index in [-0.39, 0.29) is 28.0 Å². The van der Waals surface area contributed by atoms with Gasteiger partial charge in [-0.25, -0.2) is 12.1 Å². The van der Waals surface area contributed by atoms with Crippen LogP contribution in [0.3, 0.4) is 0 Å². The van der Waals surface area contributed by atoms with Crippen molar-refractivity contribution in [1.82, 2.24) is 0 Å². The van der Waals surface area contributed by atoms with Crippen molar-refractivity contribution in [2.75, 3.05) is 0 Å². The Labute approximate surface area is 135 Å². The molecule has 1 aromatic rings. The topological polar surface area (TPSA) is 43.1 Å². The Kier molecular flexibility index (Phi) is 6.60. The first-order valence-electron chi connectivity index (χ1n) is 6.32. The molecule has 108 valence electrons. The van der Waals surface area contributed by atoms with E-state index in [1.165, 1.54) is 6.08 Å². The molecule has 0 saturated carbocycles. The van der Waals surface area contributed by atoms with Gasteiger partial charge in [0.25, 0.3) is 0 Å². The minimum Gasteiger partial charge on any atom is -0.270 e. The molecule has 0 bridgehead atoms. The fraction of sp³-hybridized carbons (Fsp3) is 0.0588. The second-order valence-electron chi connectivity index (χ2n) is 4.39. The maximum absolute atomic E-state index is 10.6. The number of nitrogens with zero attached hydrogens (tertiary/aromatic N) is 1. The van der Waals surface area contributed by atoms with Crippen molar-refractivity contribution in [3.05, 3.63) is 106 Å². The van der Waals surface area contributed by atoms with E-state index in [9.17, 15) is 10.1 Å². The summed E-state index contributed by atoms with van der Waals surface area (Å²) in [7, 11) is 0. The minimum atomic E-state index is -0.373. The van der Waals surface area contributed by atoms with Crippen molar-refractivity contribution < 1.29 is 22.0 Å². The molecule has 0 unspecified atom stereocenters. The maximum Gasteiger partial charge on any atom is 2.00 e. The molecule has 2 aliphatic carbocycles. The van der Waals surface area contributed by atoms with E-state index in [1.54, 1.807) is 12.2 Å². The molecule has 21 heavy (non-hydrogen) atoms. The van der Waals surface area contributed by atoms with Crippen LogP contribution < -0.4 is 0 Å². The van der Waals surface area contributed by atoms with Gasteiger partial charge in [0.05, 0.1) is 0 Å².